The molecule has 2 heterocycles. The third-order valence-electron chi connectivity index (χ3n) is 4.47. The summed E-state index contributed by atoms with van der Waals surface area (Å²) in [5.41, 5.74) is 4.16. The molecule has 134 valence electrons. The molecule has 7 nitrogen and oxygen atoms in total. The van der Waals surface area contributed by atoms with Crippen molar-refractivity contribution in [2.24, 2.45) is 7.05 Å². The smallest absolute Gasteiger partial charge is 0.255 e. The van der Waals surface area contributed by atoms with Gasteiger partial charge in [-0.2, -0.15) is 0 Å². The van der Waals surface area contributed by atoms with Gasteiger partial charge in [-0.05, 0) is 42.8 Å². The second kappa shape index (κ2) is 6.87. The summed E-state index contributed by atoms with van der Waals surface area (Å²) >= 11 is 0. The molecule has 0 saturated heterocycles. The molecule has 4 rings (SSSR count). The molecule has 1 N–H and O–H groups in total. The topological polar surface area (TPSA) is 77.6 Å². The number of carbonyl (C=O) groups is 1. The highest BCUT2D eigenvalue weighted by atomic mass is 16.1. The number of aromatic nitrogens is 5. The highest BCUT2D eigenvalue weighted by Gasteiger charge is 2.13. The van der Waals surface area contributed by atoms with Gasteiger partial charge in [-0.1, -0.05) is 12.1 Å². The summed E-state index contributed by atoms with van der Waals surface area (Å²) in [5.74, 6) is 0.596. The summed E-state index contributed by atoms with van der Waals surface area (Å²) in [6.45, 7) is 1.96. The highest BCUT2D eigenvalue weighted by Crippen LogP contribution is 2.27. The lowest BCUT2D eigenvalue weighted by Gasteiger charge is -2.12. The highest BCUT2D eigenvalue weighted by molar-refractivity contribution is 6.05. The predicted molar refractivity (Wildman–Crippen MR) is 103 cm³/mol. The van der Waals surface area contributed by atoms with Crippen LogP contribution in [0, 0.1) is 6.92 Å². The Labute approximate surface area is 156 Å². The average molecular weight is 358 g/mol. The van der Waals surface area contributed by atoms with Crippen molar-refractivity contribution in [2.75, 3.05) is 5.32 Å². The molecule has 27 heavy (non-hydrogen) atoms. The van der Waals surface area contributed by atoms with E-state index >= 15 is 0 Å². The monoisotopic (exact) mass is 358 g/mol. The second-order valence-electron chi connectivity index (χ2n) is 6.21. The lowest BCUT2D eigenvalue weighted by molar-refractivity contribution is 0.102. The Morgan fingerprint density at radius 1 is 1.07 bits per heavy atom. The van der Waals surface area contributed by atoms with Gasteiger partial charge in [0.2, 0.25) is 0 Å². The zero-order valence-corrected chi connectivity index (χ0v) is 15.0. The van der Waals surface area contributed by atoms with E-state index in [1.807, 2.05) is 59.6 Å². The van der Waals surface area contributed by atoms with Crippen molar-refractivity contribution in [2.45, 2.75) is 6.92 Å². The Kier molecular flexibility index (Phi) is 4.25. The molecule has 7 heteroatoms. The first-order valence-electron chi connectivity index (χ1n) is 8.47. The number of anilines is 1. The first kappa shape index (κ1) is 16.7. The van der Waals surface area contributed by atoms with Crippen LogP contribution in [-0.2, 0) is 7.05 Å². The minimum absolute atomic E-state index is 0.162. The van der Waals surface area contributed by atoms with Crippen molar-refractivity contribution in [3.8, 4) is 17.1 Å². The van der Waals surface area contributed by atoms with Crippen LogP contribution in [0.4, 0.5) is 5.69 Å². The van der Waals surface area contributed by atoms with E-state index in [1.54, 1.807) is 31.0 Å². The van der Waals surface area contributed by atoms with Crippen molar-refractivity contribution in [1.29, 1.82) is 0 Å². The number of rotatable bonds is 4. The molecule has 0 fully saturated rings. The first-order chi connectivity index (χ1) is 13.1. The number of hydrogen-bond acceptors (Lipinski definition) is 4. The summed E-state index contributed by atoms with van der Waals surface area (Å²) in [4.78, 5) is 16.7. The van der Waals surface area contributed by atoms with Gasteiger partial charge in [-0.15, -0.1) is 10.2 Å². The number of nitrogens with one attached hydrogen (secondary N) is 1. The molecule has 0 radical (unpaired) electrons. The molecule has 0 bridgehead atoms. The van der Waals surface area contributed by atoms with Gasteiger partial charge in [0.15, 0.2) is 5.82 Å². The number of nitrogens with zero attached hydrogens (tertiary/aromatic N) is 5. The Morgan fingerprint density at radius 3 is 2.56 bits per heavy atom. The summed E-state index contributed by atoms with van der Waals surface area (Å²) in [6, 6.07) is 13.1. The van der Waals surface area contributed by atoms with Crippen LogP contribution in [0.2, 0.25) is 0 Å². The van der Waals surface area contributed by atoms with Crippen LogP contribution in [0.3, 0.4) is 0 Å². The fourth-order valence-corrected chi connectivity index (χ4v) is 2.93. The van der Waals surface area contributed by atoms with E-state index in [0.717, 1.165) is 28.3 Å². The number of benzene rings is 2. The number of aryl methyl sites for hydroxylation is 1. The fourth-order valence-electron chi connectivity index (χ4n) is 2.93. The van der Waals surface area contributed by atoms with E-state index in [1.165, 1.54) is 0 Å². The van der Waals surface area contributed by atoms with Crippen molar-refractivity contribution in [1.82, 2.24) is 24.3 Å². The van der Waals surface area contributed by atoms with Crippen molar-refractivity contribution < 1.29 is 4.79 Å². The molecule has 2 aromatic heterocycles. The van der Waals surface area contributed by atoms with Crippen LogP contribution >= 0.6 is 0 Å². The third-order valence-corrected chi connectivity index (χ3v) is 4.47. The summed E-state index contributed by atoms with van der Waals surface area (Å²) < 4.78 is 3.74. The zero-order valence-electron chi connectivity index (χ0n) is 15.0. The Morgan fingerprint density at radius 2 is 1.89 bits per heavy atom. The Bertz CT molecular complexity index is 1080. The number of carbonyl (C=O) groups excluding carboxylic acids is 1. The number of imidazole rings is 1. The van der Waals surface area contributed by atoms with Gasteiger partial charge in [0, 0.05) is 41.9 Å². The van der Waals surface area contributed by atoms with E-state index in [0.29, 0.717) is 5.56 Å². The minimum atomic E-state index is -0.162. The van der Waals surface area contributed by atoms with E-state index in [9.17, 15) is 4.79 Å². The maximum absolute atomic E-state index is 12.7. The Balaban J connectivity index is 1.57. The fraction of sp³-hybridized carbons (Fsp3) is 0.100. The van der Waals surface area contributed by atoms with Crippen molar-refractivity contribution >= 4 is 11.6 Å². The molecule has 0 aliphatic carbocycles. The number of amides is 1. The van der Waals surface area contributed by atoms with Gasteiger partial charge in [0.25, 0.3) is 5.91 Å². The van der Waals surface area contributed by atoms with Crippen LogP contribution in [0.25, 0.3) is 17.1 Å². The van der Waals surface area contributed by atoms with Gasteiger partial charge in [-0.25, -0.2) is 4.98 Å². The normalized spacial score (nSPS) is 10.7. The maximum Gasteiger partial charge on any atom is 0.255 e. The molecule has 2 aromatic carbocycles. The molecule has 0 aliphatic heterocycles. The quantitative estimate of drug-likeness (QED) is 0.607. The lowest BCUT2D eigenvalue weighted by atomic mass is 10.1. The summed E-state index contributed by atoms with van der Waals surface area (Å²) in [5, 5.41) is 11.1. The predicted octanol–water partition coefficient (Wildman–Crippen LogP) is 3.23. The molecule has 4 aromatic rings. The molecule has 0 spiro atoms. The average Bonchev–Trinajstić information content (AvgIpc) is 3.35. The van der Waals surface area contributed by atoms with Gasteiger partial charge in [0.1, 0.15) is 6.33 Å². The largest absolute Gasteiger partial charge is 0.322 e. The van der Waals surface area contributed by atoms with Crippen LogP contribution < -0.4 is 5.32 Å². The Hall–Kier alpha value is -3.74. The van der Waals surface area contributed by atoms with Crippen molar-refractivity contribution in [3.63, 3.8) is 0 Å². The second-order valence-corrected chi connectivity index (χ2v) is 6.21. The van der Waals surface area contributed by atoms with E-state index < -0.39 is 0 Å². The van der Waals surface area contributed by atoms with Crippen LogP contribution in [-0.4, -0.2) is 30.2 Å². The maximum atomic E-state index is 12.7. The molecule has 0 saturated carbocycles. The van der Waals surface area contributed by atoms with Gasteiger partial charge >= 0.3 is 0 Å². The lowest BCUT2D eigenvalue weighted by Crippen LogP contribution is -2.13. The van der Waals surface area contributed by atoms with Gasteiger partial charge in [0.05, 0.1) is 6.33 Å². The van der Waals surface area contributed by atoms with Crippen LogP contribution in [0.1, 0.15) is 15.9 Å². The molecule has 1 amide bonds. The van der Waals surface area contributed by atoms with Gasteiger partial charge in [-0.3, -0.25) is 4.79 Å². The number of hydrogen-bond donors (Lipinski definition) is 1. The summed E-state index contributed by atoms with van der Waals surface area (Å²) in [6.07, 6.45) is 6.95. The van der Waals surface area contributed by atoms with Crippen molar-refractivity contribution in [3.05, 3.63) is 78.6 Å². The standard InChI is InChI=1S/C20H18N6O/c1-14-17(19-24-22-13-25(19)2)4-3-5-18(14)23-20(27)15-6-8-16(9-7-15)26-11-10-21-12-26/h3-13H,1-2H3,(H,23,27). The molecule has 0 unspecified atom stereocenters. The van der Waals surface area contributed by atoms with E-state index in [4.69, 9.17) is 0 Å². The minimum Gasteiger partial charge on any atom is -0.322 e. The molecular weight excluding hydrogens is 340 g/mol. The zero-order chi connectivity index (χ0) is 18.8. The SMILES string of the molecule is Cc1c(NC(=O)c2ccc(-n3ccnc3)cc2)cccc1-c1nncn1C. The van der Waals surface area contributed by atoms with Crippen LogP contribution in [0.15, 0.2) is 67.5 Å². The first-order valence-corrected chi connectivity index (χ1v) is 8.47. The van der Waals surface area contributed by atoms with E-state index in [2.05, 4.69) is 20.5 Å². The molecular formula is C20H18N6O. The van der Waals surface area contributed by atoms with Crippen LogP contribution in [0.5, 0.6) is 0 Å². The van der Waals surface area contributed by atoms with Gasteiger partial charge < -0.3 is 14.5 Å². The molecule has 0 atom stereocenters. The van der Waals surface area contributed by atoms with E-state index in [-0.39, 0.29) is 5.91 Å². The summed E-state index contributed by atoms with van der Waals surface area (Å²) in [7, 11) is 1.89. The third kappa shape index (κ3) is 3.22. The molecule has 0 aliphatic rings.